The molecular formula is C14H19ClN2O3S. The number of carbonyl (C=O) groups is 1. The fraction of sp³-hybridized carbons (Fsp3) is 0.500. The Bertz CT molecular complexity index is 604. The second-order valence-electron chi connectivity index (χ2n) is 5.01. The molecule has 21 heavy (non-hydrogen) atoms. The summed E-state index contributed by atoms with van der Waals surface area (Å²) in [6.45, 7) is 1.46. The highest BCUT2D eigenvalue weighted by molar-refractivity contribution is 7.89. The first-order chi connectivity index (χ1) is 10.0. The predicted molar refractivity (Wildman–Crippen MR) is 83.0 cm³/mol. The summed E-state index contributed by atoms with van der Waals surface area (Å²) in [5.41, 5.74) is 0.435. The first-order valence-electron chi connectivity index (χ1n) is 7.01. The van der Waals surface area contributed by atoms with Crippen molar-refractivity contribution in [3.05, 3.63) is 34.9 Å². The number of halogens is 1. The molecule has 1 saturated heterocycles. The molecule has 2 rings (SSSR count). The second kappa shape index (κ2) is 7.24. The van der Waals surface area contributed by atoms with Gasteiger partial charge in [-0.1, -0.05) is 23.7 Å². The summed E-state index contributed by atoms with van der Waals surface area (Å²) in [7, 11) is -3.08. The first-order valence-corrected chi connectivity index (χ1v) is 9.00. The minimum atomic E-state index is -3.08. The van der Waals surface area contributed by atoms with Crippen LogP contribution in [-0.4, -0.2) is 44.0 Å². The van der Waals surface area contributed by atoms with E-state index in [0.717, 1.165) is 12.8 Å². The van der Waals surface area contributed by atoms with E-state index in [0.29, 0.717) is 36.6 Å². The van der Waals surface area contributed by atoms with Crippen molar-refractivity contribution in [1.82, 2.24) is 9.62 Å². The standard InChI is InChI=1S/C14H19ClN2O3S/c15-13-7-2-1-6-12(13)14(18)16-8-5-10-17-9-3-4-11-21(17,19)20/h1-2,6-7H,3-5,8-11H2,(H,16,18). The molecule has 0 aromatic heterocycles. The number of nitrogens with zero attached hydrogens (tertiary/aromatic N) is 1. The van der Waals surface area contributed by atoms with Crippen molar-refractivity contribution < 1.29 is 13.2 Å². The highest BCUT2D eigenvalue weighted by Crippen LogP contribution is 2.15. The van der Waals surface area contributed by atoms with Crippen LogP contribution in [-0.2, 0) is 10.0 Å². The number of hydrogen-bond donors (Lipinski definition) is 1. The lowest BCUT2D eigenvalue weighted by Gasteiger charge is -2.26. The lowest BCUT2D eigenvalue weighted by atomic mass is 10.2. The molecule has 116 valence electrons. The van der Waals surface area contributed by atoms with Crippen LogP contribution < -0.4 is 5.32 Å². The van der Waals surface area contributed by atoms with Gasteiger partial charge in [0.1, 0.15) is 0 Å². The molecule has 0 aliphatic carbocycles. The topological polar surface area (TPSA) is 66.5 Å². The van der Waals surface area contributed by atoms with Crippen LogP contribution in [0.15, 0.2) is 24.3 Å². The zero-order chi connectivity index (χ0) is 15.3. The molecule has 7 heteroatoms. The molecule has 1 aliphatic rings. The van der Waals surface area contributed by atoms with Crippen LogP contribution in [0, 0.1) is 0 Å². The molecule has 1 N–H and O–H groups in total. The van der Waals surface area contributed by atoms with Crippen LogP contribution in [0.1, 0.15) is 29.6 Å². The summed E-state index contributed by atoms with van der Waals surface area (Å²) in [4.78, 5) is 11.9. The third-order valence-corrected chi connectivity index (χ3v) is 5.73. The van der Waals surface area contributed by atoms with E-state index >= 15 is 0 Å². The minimum absolute atomic E-state index is 0.234. The monoisotopic (exact) mass is 330 g/mol. The molecule has 1 amide bonds. The molecular weight excluding hydrogens is 312 g/mol. The Hall–Kier alpha value is -1.11. The Balaban J connectivity index is 1.77. The van der Waals surface area contributed by atoms with Crippen molar-refractivity contribution in [1.29, 1.82) is 0 Å². The maximum atomic E-state index is 11.9. The van der Waals surface area contributed by atoms with Gasteiger partial charge in [-0.2, -0.15) is 0 Å². The number of benzene rings is 1. The highest BCUT2D eigenvalue weighted by atomic mass is 35.5. The molecule has 1 fully saturated rings. The van der Waals surface area contributed by atoms with Gasteiger partial charge in [0.15, 0.2) is 0 Å². The van der Waals surface area contributed by atoms with Gasteiger partial charge in [-0.05, 0) is 31.4 Å². The number of hydrogen-bond acceptors (Lipinski definition) is 3. The summed E-state index contributed by atoms with van der Waals surface area (Å²) < 4.78 is 25.1. The van der Waals surface area contributed by atoms with Crippen molar-refractivity contribution in [2.75, 3.05) is 25.4 Å². The fourth-order valence-corrected chi connectivity index (χ4v) is 4.15. The van der Waals surface area contributed by atoms with Gasteiger partial charge in [0.25, 0.3) is 5.91 Å². The first kappa shape index (κ1) is 16.3. The van der Waals surface area contributed by atoms with E-state index < -0.39 is 10.0 Å². The van der Waals surface area contributed by atoms with E-state index in [4.69, 9.17) is 11.6 Å². The Morgan fingerprint density at radius 1 is 1.29 bits per heavy atom. The van der Waals surface area contributed by atoms with Crippen LogP contribution in [0.3, 0.4) is 0 Å². The average Bonchev–Trinajstić information content (AvgIpc) is 2.45. The number of sulfonamides is 1. The van der Waals surface area contributed by atoms with Crippen molar-refractivity contribution in [3.8, 4) is 0 Å². The smallest absolute Gasteiger partial charge is 0.252 e. The summed E-state index contributed by atoms with van der Waals surface area (Å²) >= 11 is 5.94. The number of amides is 1. The highest BCUT2D eigenvalue weighted by Gasteiger charge is 2.24. The second-order valence-corrected chi connectivity index (χ2v) is 7.51. The molecule has 0 bridgehead atoms. The average molecular weight is 331 g/mol. The van der Waals surface area contributed by atoms with Gasteiger partial charge in [0, 0.05) is 19.6 Å². The number of nitrogens with one attached hydrogen (secondary N) is 1. The molecule has 5 nitrogen and oxygen atoms in total. The molecule has 0 saturated carbocycles. The summed E-state index contributed by atoms with van der Waals surface area (Å²) in [6.07, 6.45) is 2.24. The van der Waals surface area contributed by atoms with E-state index in [-0.39, 0.29) is 11.7 Å². The molecule has 0 spiro atoms. The third kappa shape index (κ3) is 4.43. The normalized spacial score (nSPS) is 18.3. The van der Waals surface area contributed by atoms with Crippen LogP contribution in [0.4, 0.5) is 0 Å². The largest absolute Gasteiger partial charge is 0.352 e. The molecule has 1 heterocycles. The predicted octanol–water partition coefficient (Wildman–Crippen LogP) is 1.89. The van der Waals surface area contributed by atoms with Gasteiger partial charge >= 0.3 is 0 Å². The molecule has 0 radical (unpaired) electrons. The zero-order valence-corrected chi connectivity index (χ0v) is 13.3. The Morgan fingerprint density at radius 2 is 2.05 bits per heavy atom. The summed E-state index contributed by atoms with van der Waals surface area (Å²) in [5.74, 6) is 0.000936. The Morgan fingerprint density at radius 3 is 2.76 bits per heavy atom. The van der Waals surface area contributed by atoms with Crippen LogP contribution in [0.25, 0.3) is 0 Å². The summed E-state index contributed by atoms with van der Waals surface area (Å²) in [6, 6.07) is 6.84. The quantitative estimate of drug-likeness (QED) is 0.838. The van der Waals surface area contributed by atoms with Gasteiger partial charge in [0.05, 0.1) is 16.3 Å². The van der Waals surface area contributed by atoms with Crippen molar-refractivity contribution >= 4 is 27.5 Å². The van der Waals surface area contributed by atoms with Crippen LogP contribution in [0.2, 0.25) is 5.02 Å². The van der Waals surface area contributed by atoms with Gasteiger partial charge in [-0.3, -0.25) is 4.79 Å². The SMILES string of the molecule is O=C(NCCCN1CCCCS1(=O)=O)c1ccccc1Cl. The Labute approximate surface area is 130 Å². The number of carbonyl (C=O) groups excluding carboxylic acids is 1. The maximum absolute atomic E-state index is 11.9. The van der Waals surface area contributed by atoms with E-state index in [1.54, 1.807) is 24.3 Å². The van der Waals surface area contributed by atoms with Crippen molar-refractivity contribution in [3.63, 3.8) is 0 Å². The molecule has 0 unspecified atom stereocenters. The molecule has 0 atom stereocenters. The lowest BCUT2D eigenvalue weighted by Crippen LogP contribution is -2.39. The molecule has 1 aromatic rings. The fourth-order valence-electron chi connectivity index (χ4n) is 2.29. The zero-order valence-electron chi connectivity index (χ0n) is 11.7. The van der Waals surface area contributed by atoms with E-state index in [2.05, 4.69) is 5.32 Å². The van der Waals surface area contributed by atoms with E-state index in [9.17, 15) is 13.2 Å². The number of rotatable bonds is 5. The summed E-state index contributed by atoms with van der Waals surface area (Å²) in [5, 5.41) is 3.17. The lowest BCUT2D eigenvalue weighted by molar-refractivity contribution is 0.0953. The van der Waals surface area contributed by atoms with Gasteiger partial charge in [-0.15, -0.1) is 0 Å². The molecule has 1 aromatic carbocycles. The van der Waals surface area contributed by atoms with Crippen LogP contribution >= 0.6 is 11.6 Å². The van der Waals surface area contributed by atoms with Crippen molar-refractivity contribution in [2.24, 2.45) is 0 Å². The Kier molecular flexibility index (Phi) is 5.61. The van der Waals surface area contributed by atoms with Crippen LogP contribution in [0.5, 0.6) is 0 Å². The minimum Gasteiger partial charge on any atom is -0.352 e. The molecule has 1 aliphatic heterocycles. The van der Waals surface area contributed by atoms with Gasteiger partial charge < -0.3 is 5.32 Å². The van der Waals surface area contributed by atoms with E-state index in [1.807, 2.05) is 0 Å². The third-order valence-electron chi connectivity index (χ3n) is 3.44. The van der Waals surface area contributed by atoms with E-state index in [1.165, 1.54) is 4.31 Å². The van der Waals surface area contributed by atoms with Gasteiger partial charge in [0.2, 0.25) is 10.0 Å². The van der Waals surface area contributed by atoms with Gasteiger partial charge in [-0.25, -0.2) is 12.7 Å². The maximum Gasteiger partial charge on any atom is 0.252 e. The van der Waals surface area contributed by atoms with Crippen molar-refractivity contribution in [2.45, 2.75) is 19.3 Å².